The number of hydrogen-bond acceptors (Lipinski definition) is 3. The van der Waals surface area contributed by atoms with E-state index in [4.69, 9.17) is 10.5 Å². The molecule has 2 aromatic rings. The molecule has 0 atom stereocenters. The molecule has 0 amide bonds. The molecule has 0 bridgehead atoms. The number of hydrogen-bond donors (Lipinski definition) is 1. The second-order valence-electron chi connectivity index (χ2n) is 4.36. The maximum Gasteiger partial charge on any atom is 0.128 e. The molecule has 1 heterocycles. The van der Waals surface area contributed by atoms with Gasteiger partial charge in [-0.25, -0.2) is 0 Å². The first-order chi connectivity index (χ1) is 8.61. The molecule has 2 N–H and O–H groups in total. The van der Waals surface area contributed by atoms with E-state index in [1.165, 1.54) is 5.56 Å². The molecule has 0 saturated carbocycles. The molecule has 1 aromatic heterocycles. The molecule has 0 saturated heterocycles. The molecule has 0 aliphatic carbocycles. The minimum Gasteiger partial charge on any atom is -0.489 e. The summed E-state index contributed by atoms with van der Waals surface area (Å²) in [5.41, 5.74) is 9.09. The van der Waals surface area contributed by atoms with Crippen LogP contribution in [0.4, 0.5) is 5.82 Å². The topological polar surface area (TPSA) is 53.1 Å². The van der Waals surface area contributed by atoms with Crippen LogP contribution in [0.1, 0.15) is 23.7 Å². The number of nitrogens with two attached hydrogens (primary N) is 1. The second kappa shape index (κ2) is 5.12. The molecule has 96 valence electrons. The number of nitrogens with zero attached hydrogens (tertiary/aromatic N) is 2. The van der Waals surface area contributed by atoms with Crippen LogP contribution in [0, 0.1) is 6.92 Å². The lowest BCUT2D eigenvalue weighted by molar-refractivity contribution is 0.306. The summed E-state index contributed by atoms with van der Waals surface area (Å²) in [6, 6.07) is 8.12. The van der Waals surface area contributed by atoms with Gasteiger partial charge in [-0.1, -0.05) is 19.1 Å². The number of nitrogen functional groups attached to an aromatic ring is 1. The summed E-state index contributed by atoms with van der Waals surface area (Å²) in [6.07, 6.45) is 1.01. The number of aromatic nitrogens is 2. The van der Waals surface area contributed by atoms with Gasteiger partial charge in [0, 0.05) is 7.05 Å². The van der Waals surface area contributed by atoms with Crippen LogP contribution in [0.5, 0.6) is 5.75 Å². The molecule has 1 aromatic carbocycles. The molecule has 4 heteroatoms. The fourth-order valence-corrected chi connectivity index (χ4v) is 1.91. The highest BCUT2D eigenvalue weighted by Crippen LogP contribution is 2.19. The van der Waals surface area contributed by atoms with Gasteiger partial charge in [0.15, 0.2) is 0 Å². The van der Waals surface area contributed by atoms with E-state index in [-0.39, 0.29) is 0 Å². The third kappa shape index (κ3) is 2.47. The van der Waals surface area contributed by atoms with Crippen LogP contribution in [0.3, 0.4) is 0 Å². The lowest BCUT2D eigenvalue weighted by Crippen LogP contribution is -2.02. The summed E-state index contributed by atoms with van der Waals surface area (Å²) in [6.45, 7) is 4.53. The summed E-state index contributed by atoms with van der Waals surface area (Å²) in [4.78, 5) is 0. The van der Waals surface area contributed by atoms with Crippen molar-refractivity contribution in [2.75, 3.05) is 5.73 Å². The Bertz CT molecular complexity index is 546. The third-order valence-electron chi connectivity index (χ3n) is 3.08. The van der Waals surface area contributed by atoms with E-state index in [2.05, 4.69) is 24.2 Å². The minimum absolute atomic E-state index is 0.457. The number of benzene rings is 1. The lowest BCUT2D eigenvalue weighted by Gasteiger charge is -2.07. The van der Waals surface area contributed by atoms with Crippen LogP contribution in [-0.4, -0.2) is 9.78 Å². The Kier molecular flexibility index (Phi) is 3.55. The Morgan fingerprint density at radius 1 is 1.39 bits per heavy atom. The summed E-state index contributed by atoms with van der Waals surface area (Å²) < 4.78 is 7.45. The van der Waals surface area contributed by atoms with Crippen molar-refractivity contribution in [2.24, 2.45) is 7.05 Å². The molecular formula is C14H19N3O. The predicted molar refractivity (Wildman–Crippen MR) is 72.5 cm³/mol. The maximum absolute atomic E-state index is 5.94. The molecule has 0 aliphatic heterocycles. The zero-order valence-corrected chi connectivity index (χ0v) is 11.1. The Morgan fingerprint density at radius 2 is 2.17 bits per heavy atom. The average molecular weight is 245 g/mol. The van der Waals surface area contributed by atoms with E-state index in [0.717, 1.165) is 23.4 Å². The number of rotatable bonds is 4. The minimum atomic E-state index is 0.457. The first-order valence-electron chi connectivity index (χ1n) is 6.11. The van der Waals surface area contributed by atoms with Crippen molar-refractivity contribution in [3.05, 3.63) is 41.1 Å². The van der Waals surface area contributed by atoms with Crippen molar-refractivity contribution in [1.29, 1.82) is 0 Å². The van der Waals surface area contributed by atoms with E-state index in [1.807, 2.05) is 26.1 Å². The predicted octanol–water partition coefficient (Wildman–Crippen LogP) is 2.45. The van der Waals surface area contributed by atoms with Crippen molar-refractivity contribution >= 4 is 5.82 Å². The molecule has 4 nitrogen and oxygen atoms in total. The molecule has 0 fully saturated rings. The largest absolute Gasteiger partial charge is 0.489 e. The fourth-order valence-electron chi connectivity index (χ4n) is 1.91. The number of anilines is 1. The molecular weight excluding hydrogens is 226 g/mol. The first kappa shape index (κ1) is 12.5. The first-order valence-corrected chi connectivity index (χ1v) is 6.11. The summed E-state index contributed by atoms with van der Waals surface area (Å²) in [5.74, 6) is 1.54. The van der Waals surface area contributed by atoms with Gasteiger partial charge in [0.1, 0.15) is 18.2 Å². The van der Waals surface area contributed by atoms with E-state index in [1.54, 1.807) is 4.68 Å². The standard InChI is InChI=1S/C14H19N3O/c1-4-11-6-5-7-12(8-11)18-9-13-10(2)16-17(3)14(13)15/h5-8H,4,9,15H2,1-3H3. The quantitative estimate of drug-likeness (QED) is 0.900. The average Bonchev–Trinajstić information content (AvgIpc) is 2.61. The van der Waals surface area contributed by atoms with Crippen LogP contribution < -0.4 is 10.5 Å². The molecule has 0 aliphatic rings. The van der Waals surface area contributed by atoms with Crippen molar-refractivity contribution in [3.63, 3.8) is 0 Å². The summed E-state index contributed by atoms with van der Waals surface area (Å²) in [5, 5.41) is 4.27. The smallest absolute Gasteiger partial charge is 0.128 e. The highest BCUT2D eigenvalue weighted by Gasteiger charge is 2.10. The van der Waals surface area contributed by atoms with Gasteiger partial charge in [-0.05, 0) is 31.0 Å². The SMILES string of the molecule is CCc1cccc(OCc2c(C)nn(C)c2N)c1. The van der Waals surface area contributed by atoms with Gasteiger partial charge < -0.3 is 10.5 Å². The van der Waals surface area contributed by atoms with Crippen molar-refractivity contribution in [2.45, 2.75) is 26.9 Å². The van der Waals surface area contributed by atoms with Gasteiger partial charge in [-0.15, -0.1) is 0 Å². The van der Waals surface area contributed by atoms with Gasteiger partial charge >= 0.3 is 0 Å². The zero-order chi connectivity index (χ0) is 13.1. The second-order valence-corrected chi connectivity index (χ2v) is 4.36. The van der Waals surface area contributed by atoms with Gasteiger partial charge in [0.25, 0.3) is 0 Å². The van der Waals surface area contributed by atoms with Gasteiger partial charge in [0.2, 0.25) is 0 Å². The van der Waals surface area contributed by atoms with Gasteiger partial charge in [-0.2, -0.15) is 5.10 Å². The van der Waals surface area contributed by atoms with Crippen molar-refractivity contribution < 1.29 is 4.74 Å². The summed E-state index contributed by atoms with van der Waals surface area (Å²) >= 11 is 0. The Hall–Kier alpha value is -1.97. The van der Waals surface area contributed by atoms with Crippen LogP contribution in [0.25, 0.3) is 0 Å². The number of ether oxygens (including phenoxy) is 1. The molecule has 0 radical (unpaired) electrons. The third-order valence-corrected chi connectivity index (χ3v) is 3.08. The highest BCUT2D eigenvalue weighted by molar-refractivity contribution is 5.42. The summed E-state index contributed by atoms with van der Waals surface area (Å²) in [7, 11) is 1.84. The number of aryl methyl sites for hydroxylation is 3. The molecule has 0 spiro atoms. The Labute approximate surface area is 107 Å². The normalized spacial score (nSPS) is 10.6. The van der Waals surface area contributed by atoms with E-state index < -0.39 is 0 Å². The van der Waals surface area contributed by atoms with Gasteiger partial charge in [-0.3, -0.25) is 4.68 Å². The molecule has 0 unspecified atom stereocenters. The van der Waals surface area contributed by atoms with Crippen molar-refractivity contribution in [3.8, 4) is 5.75 Å². The van der Waals surface area contributed by atoms with Crippen LogP contribution >= 0.6 is 0 Å². The van der Waals surface area contributed by atoms with E-state index in [9.17, 15) is 0 Å². The Balaban J connectivity index is 2.11. The van der Waals surface area contributed by atoms with Crippen LogP contribution in [0.2, 0.25) is 0 Å². The fraction of sp³-hybridized carbons (Fsp3) is 0.357. The highest BCUT2D eigenvalue weighted by atomic mass is 16.5. The van der Waals surface area contributed by atoms with E-state index >= 15 is 0 Å². The molecule has 18 heavy (non-hydrogen) atoms. The Morgan fingerprint density at radius 3 is 2.78 bits per heavy atom. The van der Waals surface area contributed by atoms with E-state index in [0.29, 0.717) is 12.4 Å². The maximum atomic E-state index is 5.94. The zero-order valence-electron chi connectivity index (χ0n) is 11.1. The monoisotopic (exact) mass is 245 g/mol. The lowest BCUT2D eigenvalue weighted by atomic mass is 10.2. The van der Waals surface area contributed by atoms with Crippen LogP contribution in [-0.2, 0) is 20.1 Å². The van der Waals surface area contributed by atoms with Crippen LogP contribution in [0.15, 0.2) is 24.3 Å². The van der Waals surface area contributed by atoms with Gasteiger partial charge in [0.05, 0.1) is 11.3 Å². The molecule has 2 rings (SSSR count). The van der Waals surface area contributed by atoms with Crippen molar-refractivity contribution in [1.82, 2.24) is 9.78 Å².